The van der Waals surface area contributed by atoms with Gasteiger partial charge in [0, 0.05) is 24.4 Å². The summed E-state index contributed by atoms with van der Waals surface area (Å²) in [4.78, 5) is 42.0. The summed E-state index contributed by atoms with van der Waals surface area (Å²) in [7, 11) is 0. The lowest BCUT2D eigenvalue weighted by Gasteiger charge is -2.28. The van der Waals surface area contributed by atoms with Crippen LogP contribution in [0.1, 0.15) is 49.1 Å². The van der Waals surface area contributed by atoms with Crippen molar-refractivity contribution in [2.24, 2.45) is 0 Å². The smallest absolute Gasteiger partial charge is 0.306 e. The molecule has 0 radical (unpaired) electrons. The van der Waals surface area contributed by atoms with E-state index in [0.717, 1.165) is 22.4 Å². The molecule has 2 rings (SSSR count). The van der Waals surface area contributed by atoms with Crippen molar-refractivity contribution in [2.75, 3.05) is 19.7 Å². The lowest BCUT2D eigenvalue weighted by molar-refractivity contribution is -0.146. The zero-order valence-corrected chi connectivity index (χ0v) is 19.5. The Morgan fingerprint density at radius 3 is 2.29 bits per heavy atom. The Morgan fingerprint density at radius 1 is 0.935 bits per heavy atom. The summed E-state index contributed by atoms with van der Waals surface area (Å²) in [5.41, 5.74) is 2.20. The number of hydrogen-bond acceptors (Lipinski definition) is 5. The van der Waals surface area contributed by atoms with Crippen molar-refractivity contribution >= 4 is 29.1 Å². The van der Waals surface area contributed by atoms with Crippen LogP contribution < -0.4 is 0 Å². The van der Waals surface area contributed by atoms with Crippen molar-refractivity contribution in [3.8, 4) is 0 Å². The molecule has 0 saturated carbocycles. The van der Waals surface area contributed by atoms with E-state index in [1.54, 1.807) is 28.1 Å². The number of rotatable bonds is 12. The number of thiophene rings is 1. The first-order valence-corrected chi connectivity index (χ1v) is 11.6. The Hall–Kier alpha value is -2.67. The maximum atomic E-state index is 13.3. The van der Waals surface area contributed by atoms with E-state index in [0.29, 0.717) is 26.2 Å². The van der Waals surface area contributed by atoms with Crippen molar-refractivity contribution in [1.29, 1.82) is 0 Å². The molecule has 2 amide bonds. The van der Waals surface area contributed by atoms with E-state index in [1.165, 1.54) is 0 Å². The van der Waals surface area contributed by atoms with Crippen molar-refractivity contribution in [3.05, 3.63) is 57.8 Å². The molecular formula is C24H32N2O4S. The molecule has 0 aliphatic carbocycles. The maximum absolute atomic E-state index is 13.3. The number of nitrogens with zero attached hydrogens (tertiary/aromatic N) is 2. The Labute approximate surface area is 188 Å². The van der Waals surface area contributed by atoms with Gasteiger partial charge in [-0.1, -0.05) is 37.3 Å². The molecule has 0 aliphatic rings. The van der Waals surface area contributed by atoms with Crippen LogP contribution in [0.25, 0.3) is 0 Å². The highest BCUT2D eigenvalue weighted by atomic mass is 32.1. The maximum Gasteiger partial charge on any atom is 0.306 e. The van der Waals surface area contributed by atoms with E-state index < -0.39 is 5.97 Å². The predicted octanol–water partition coefficient (Wildman–Crippen LogP) is 4.17. The number of esters is 1. The first-order chi connectivity index (χ1) is 14.9. The van der Waals surface area contributed by atoms with Crippen molar-refractivity contribution in [1.82, 2.24) is 9.80 Å². The number of amides is 2. The SMILES string of the molecule is CCCN(CC(=O)N(Cc1ccccc1)Cc1sccc1C)C(=O)CCC(=O)OCC. The van der Waals surface area contributed by atoms with E-state index in [4.69, 9.17) is 4.74 Å². The second-order valence-corrected chi connectivity index (χ2v) is 8.38. The molecule has 168 valence electrons. The topological polar surface area (TPSA) is 66.9 Å². The fourth-order valence-corrected chi connectivity index (χ4v) is 4.12. The van der Waals surface area contributed by atoms with Gasteiger partial charge in [0.25, 0.3) is 0 Å². The van der Waals surface area contributed by atoms with Crippen LogP contribution in [0.4, 0.5) is 0 Å². The minimum Gasteiger partial charge on any atom is -0.466 e. The molecule has 1 heterocycles. The largest absolute Gasteiger partial charge is 0.466 e. The molecule has 0 aliphatic heterocycles. The first-order valence-electron chi connectivity index (χ1n) is 10.7. The normalized spacial score (nSPS) is 10.5. The Bertz CT molecular complexity index is 850. The van der Waals surface area contributed by atoms with Gasteiger partial charge in [-0.05, 0) is 42.8 Å². The number of carbonyl (C=O) groups is 3. The predicted molar refractivity (Wildman–Crippen MR) is 122 cm³/mol. The van der Waals surface area contributed by atoms with E-state index in [2.05, 4.69) is 0 Å². The monoisotopic (exact) mass is 444 g/mol. The molecule has 0 atom stereocenters. The van der Waals surface area contributed by atoms with Crippen LogP contribution in [-0.2, 0) is 32.2 Å². The van der Waals surface area contributed by atoms with Crippen molar-refractivity contribution in [2.45, 2.75) is 53.1 Å². The zero-order chi connectivity index (χ0) is 22.6. The van der Waals surface area contributed by atoms with Gasteiger partial charge in [0.1, 0.15) is 0 Å². The number of benzene rings is 1. The molecular weight excluding hydrogens is 412 g/mol. The Balaban J connectivity index is 2.09. The highest BCUT2D eigenvalue weighted by molar-refractivity contribution is 7.10. The van der Waals surface area contributed by atoms with Crippen LogP contribution in [0.2, 0.25) is 0 Å². The lowest BCUT2D eigenvalue weighted by Crippen LogP contribution is -2.42. The van der Waals surface area contributed by atoms with Crippen LogP contribution in [0.15, 0.2) is 41.8 Å². The van der Waals surface area contributed by atoms with E-state index in [1.807, 2.05) is 55.6 Å². The molecule has 0 unspecified atom stereocenters. The summed E-state index contributed by atoms with van der Waals surface area (Å²) in [6, 6.07) is 11.9. The third-order valence-corrected chi connectivity index (χ3v) is 5.90. The third kappa shape index (κ3) is 8.17. The minimum absolute atomic E-state index is 0.00670. The van der Waals surface area contributed by atoms with Gasteiger partial charge < -0.3 is 14.5 Å². The second kappa shape index (κ2) is 12.9. The van der Waals surface area contributed by atoms with Crippen LogP contribution in [0.5, 0.6) is 0 Å². The number of aryl methyl sites for hydroxylation is 1. The van der Waals surface area contributed by atoms with Crippen LogP contribution in [0, 0.1) is 6.92 Å². The molecule has 2 aromatic rings. The third-order valence-electron chi connectivity index (χ3n) is 4.89. The number of hydrogen-bond donors (Lipinski definition) is 0. The van der Waals surface area contributed by atoms with Gasteiger partial charge in [0.2, 0.25) is 11.8 Å². The van der Waals surface area contributed by atoms with Gasteiger partial charge in [0.05, 0.1) is 26.1 Å². The summed E-state index contributed by atoms with van der Waals surface area (Å²) < 4.78 is 4.90. The van der Waals surface area contributed by atoms with Crippen molar-refractivity contribution < 1.29 is 19.1 Å². The highest BCUT2D eigenvalue weighted by Crippen LogP contribution is 2.20. The summed E-state index contributed by atoms with van der Waals surface area (Å²) in [6.45, 7) is 7.50. The van der Waals surface area contributed by atoms with Gasteiger partial charge in [0.15, 0.2) is 0 Å². The fraction of sp³-hybridized carbons (Fsp3) is 0.458. The summed E-state index contributed by atoms with van der Waals surface area (Å²) in [5.74, 6) is -0.692. The quantitative estimate of drug-likeness (QED) is 0.461. The summed E-state index contributed by atoms with van der Waals surface area (Å²) in [6.07, 6.45) is 0.819. The van der Waals surface area contributed by atoms with E-state index in [9.17, 15) is 14.4 Å². The lowest BCUT2D eigenvalue weighted by atomic mass is 10.2. The van der Waals surface area contributed by atoms with Crippen LogP contribution >= 0.6 is 11.3 Å². The van der Waals surface area contributed by atoms with Gasteiger partial charge in [-0.25, -0.2) is 0 Å². The van der Waals surface area contributed by atoms with Gasteiger partial charge in [-0.15, -0.1) is 11.3 Å². The molecule has 1 aromatic carbocycles. The summed E-state index contributed by atoms with van der Waals surface area (Å²) >= 11 is 1.63. The first kappa shape index (κ1) is 24.6. The molecule has 0 saturated heterocycles. The standard InChI is InChI=1S/C24H32N2O4S/c1-4-14-25(22(27)11-12-24(29)30-5-2)18-23(28)26(16-20-9-7-6-8-10-20)17-21-19(3)13-15-31-21/h6-10,13,15H,4-5,11-12,14,16-18H2,1-3H3. The number of carbonyl (C=O) groups excluding carboxylic acids is 3. The molecule has 7 heteroatoms. The molecule has 1 aromatic heterocycles. The van der Waals surface area contributed by atoms with Gasteiger partial charge in [-0.2, -0.15) is 0 Å². The molecule has 0 fully saturated rings. The van der Waals surface area contributed by atoms with E-state index in [-0.39, 0.29) is 31.2 Å². The fourth-order valence-electron chi connectivity index (χ4n) is 3.20. The highest BCUT2D eigenvalue weighted by Gasteiger charge is 2.22. The molecule has 6 nitrogen and oxygen atoms in total. The molecule has 31 heavy (non-hydrogen) atoms. The molecule has 0 bridgehead atoms. The van der Waals surface area contributed by atoms with Gasteiger partial charge in [-0.3, -0.25) is 14.4 Å². The Morgan fingerprint density at radius 2 is 1.68 bits per heavy atom. The Kier molecular flexibility index (Phi) is 10.2. The molecule has 0 spiro atoms. The number of ether oxygens (including phenoxy) is 1. The second-order valence-electron chi connectivity index (χ2n) is 7.38. The average molecular weight is 445 g/mol. The summed E-state index contributed by atoms with van der Waals surface area (Å²) in [5, 5.41) is 2.03. The van der Waals surface area contributed by atoms with Crippen LogP contribution in [0.3, 0.4) is 0 Å². The van der Waals surface area contributed by atoms with E-state index >= 15 is 0 Å². The minimum atomic E-state index is -0.391. The average Bonchev–Trinajstić information content (AvgIpc) is 3.16. The zero-order valence-electron chi connectivity index (χ0n) is 18.6. The van der Waals surface area contributed by atoms with Gasteiger partial charge >= 0.3 is 5.97 Å². The molecule has 0 N–H and O–H groups in total. The van der Waals surface area contributed by atoms with Crippen LogP contribution in [-0.4, -0.2) is 47.3 Å². The van der Waals surface area contributed by atoms with Crippen molar-refractivity contribution in [3.63, 3.8) is 0 Å².